The van der Waals surface area contributed by atoms with E-state index in [9.17, 15) is 14.0 Å². The van der Waals surface area contributed by atoms with Crippen molar-refractivity contribution in [3.05, 3.63) is 65.0 Å². The number of benzene rings is 2. The summed E-state index contributed by atoms with van der Waals surface area (Å²) in [5.74, 6) is -0.307. The highest BCUT2D eigenvalue weighted by molar-refractivity contribution is 5.95. The molecule has 2 aromatic rings. The lowest BCUT2D eigenvalue weighted by molar-refractivity contribution is -0.132. The Hall–Kier alpha value is -2.89. The summed E-state index contributed by atoms with van der Waals surface area (Å²) in [5, 5.41) is 6.15. The highest BCUT2D eigenvalue weighted by Crippen LogP contribution is 2.36. The van der Waals surface area contributed by atoms with Crippen LogP contribution < -0.4 is 15.5 Å². The maximum atomic E-state index is 13.4. The second-order valence-corrected chi connectivity index (χ2v) is 9.16. The minimum absolute atomic E-state index is 0.0280. The van der Waals surface area contributed by atoms with Crippen LogP contribution in [0.15, 0.2) is 42.5 Å². The molecule has 0 unspecified atom stereocenters. The van der Waals surface area contributed by atoms with Crippen molar-refractivity contribution in [1.82, 2.24) is 10.6 Å². The van der Waals surface area contributed by atoms with Gasteiger partial charge in [-0.05, 0) is 62.1 Å². The number of amides is 2. The van der Waals surface area contributed by atoms with Gasteiger partial charge in [0.05, 0.1) is 5.41 Å². The zero-order chi connectivity index (χ0) is 22.6. The van der Waals surface area contributed by atoms with Crippen molar-refractivity contribution in [2.24, 2.45) is 5.41 Å². The summed E-state index contributed by atoms with van der Waals surface area (Å²) >= 11 is 0. The van der Waals surface area contributed by atoms with E-state index in [2.05, 4.69) is 15.5 Å². The van der Waals surface area contributed by atoms with Crippen LogP contribution in [0.3, 0.4) is 0 Å². The number of halogens is 1. The molecule has 2 aliphatic rings. The van der Waals surface area contributed by atoms with Crippen molar-refractivity contribution >= 4 is 17.5 Å². The molecule has 0 bridgehead atoms. The van der Waals surface area contributed by atoms with Crippen LogP contribution in [-0.4, -0.2) is 38.0 Å². The van der Waals surface area contributed by atoms with Gasteiger partial charge < -0.3 is 15.5 Å². The second kappa shape index (κ2) is 9.72. The van der Waals surface area contributed by atoms with Gasteiger partial charge in [0.15, 0.2) is 0 Å². The summed E-state index contributed by atoms with van der Waals surface area (Å²) in [5.41, 5.74) is 3.19. The molecule has 1 aliphatic carbocycles. The van der Waals surface area contributed by atoms with Crippen LogP contribution in [0.1, 0.15) is 53.6 Å². The lowest BCUT2D eigenvalue weighted by Crippen LogP contribution is -2.50. The number of aryl methyl sites for hydroxylation is 1. The molecule has 5 nitrogen and oxygen atoms in total. The van der Waals surface area contributed by atoms with Gasteiger partial charge in [-0.15, -0.1) is 0 Å². The van der Waals surface area contributed by atoms with Gasteiger partial charge in [-0.25, -0.2) is 4.39 Å². The van der Waals surface area contributed by atoms with E-state index >= 15 is 0 Å². The van der Waals surface area contributed by atoms with Crippen LogP contribution in [0.2, 0.25) is 0 Å². The molecular formula is C26H32FN3O2. The number of anilines is 1. The van der Waals surface area contributed by atoms with Gasteiger partial charge in [0, 0.05) is 37.4 Å². The van der Waals surface area contributed by atoms with Crippen molar-refractivity contribution in [2.45, 2.75) is 45.4 Å². The van der Waals surface area contributed by atoms with Crippen molar-refractivity contribution in [3.8, 4) is 0 Å². The first-order valence-corrected chi connectivity index (χ1v) is 11.6. The van der Waals surface area contributed by atoms with Gasteiger partial charge >= 0.3 is 0 Å². The average Bonchev–Trinajstić information content (AvgIpc) is 3.20. The van der Waals surface area contributed by atoms with Gasteiger partial charge in [-0.2, -0.15) is 0 Å². The van der Waals surface area contributed by atoms with E-state index in [-0.39, 0.29) is 17.6 Å². The first kappa shape index (κ1) is 22.3. The highest BCUT2D eigenvalue weighted by Gasteiger charge is 2.39. The quantitative estimate of drug-likeness (QED) is 0.689. The normalized spacial score (nSPS) is 17.0. The predicted molar refractivity (Wildman–Crippen MR) is 124 cm³/mol. The smallest absolute Gasteiger partial charge is 0.251 e. The molecule has 0 aromatic heterocycles. The predicted octanol–water partition coefficient (Wildman–Crippen LogP) is 3.99. The van der Waals surface area contributed by atoms with Gasteiger partial charge in [-0.3, -0.25) is 9.59 Å². The maximum absolute atomic E-state index is 13.4. The largest absolute Gasteiger partial charge is 0.369 e. The molecule has 0 spiro atoms. The molecule has 32 heavy (non-hydrogen) atoms. The van der Waals surface area contributed by atoms with E-state index in [1.54, 1.807) is 12.1 Å². The number of carbonyl (C=O) groups excluding carboxylic acids is 2. The molecule has 1 fully saturated rings. The number of nitrogens with one attached hydrogen (secondary N) is 2. The van der Waals surface area contributed by atoms with Crippen LogP contribution in [-0.2, 0) is 11.2 Å². The van der Waals surface area contributed by atoms with E-state index in [1.807, 2.05) is 31.2 Å². The third-order valence-corrected chi connectivity index (χ3v) is 6.86. The van der Waals surface area contributed by atoms with E-state index < -0.39 is 5.41 Å². The number of nitrogens with zero attached hydrogens (tertiary/aromatic N) is 1. The summed E-state index contributed by atoms with van der Waals surface area (Å²) in [6.45, 7) is 4.38. The SMILES string of the molecule is Cc1cccc(C(=O)NCC2(C(=O)NCCN3CCc4cc(F)ccc43)CCCCC2)c1. The lowest BCUT2D eigenvalue weighted by Gasteiger charge is -2.36. The summed E-state index contributed by atoms with van der Waals surface area (Å²) < 4.78 is 13.4. The molecule has 170 valence electrons. The fourth-order valence-electron chi connectivity index (χ4n) is 5.01. The van der Waals surface area contributed by atoms with Crippen LogP contribution in [0, 0.1) is 18.2 Å². The third kappa shape index (κ3) is 4.95. The second-order valence-electron chi connectivity index (χ2n) is 9.16. The maximum Gasteiger partial charge on any atom is 0.251 e. The van der Waals surface area contributed by atoms with E-state index in [0.29, 0.717) is 25.2 Å². The van der Waals surface area contributed by atoms with E-state index in [1.165, 1.54) is 6.07 Å². The molecule has 0 atom stereocenters. The number of hydrogen-bond acceptors (Lipinski definition) is 3. The number of carbonyl (C=O) groups is 2. The fraction of sp³-hybridized carbons (Fsp3) is 0.462. The van der Waals surface area contributed by atoms with Crippen LogP contribution in [0.5, 0.6) is 0 Å². The molecule has 2 N–H and O–H groups in total. The zero-order valence-electron chi connectivity index (χ0n) is 18.8. The Bertz CT molecular complexity index is 985. The minimum Gasteiger partial charge on any atom is -0.369 e. The molecule has 2 amide bonds. The lowest BCUT2D eigenvalue weighted by atomic mass is 9.73. The number of rotatable bonds is 7. The average molecular weight is 438 g/mol. The van der Waals surface area contributed by atoms with Gasteiger partial charge in [0.1, 0.15) is 5.82 Å². The van der Waals surface area contributed by atoms with Crippen LogP contribution in [0.4, 0.5) is 10.1 Å². The molecule has 0 saturated heterocycles. The first-order chi connectivity index (χ1) is 15.5. The van der Waals surface area contributed by atoms with Gasteiger partial charge in [0.25, 0.3) is 5.91 Å². The number of fused-ring (bicyclic) bond motifs is 1. The van der Waals surface area contributed by atoms with Gasteiger partial charge in [-0.1, -0.05) is 37.0 Å². The van der Waals surface area contributed by atoms with E-state index in [4.69, 9.17) is 0 Å². The van der Waals surface area contributed by atoms with Crippen molar-refractivity contribution in [3.63, 3.8) is 0 Å². The Balaban J connectivity index is 1.34. The van der Waals surface area contributed by atoms with Crippen molar-refractivity contribution in [2.75, 3.05) is 31.1 Å². The molecule has 0 radical (unpaired) electrons. The molecule has 6 heteroatoms. The van der Waals surface area contributed by atoms with Crippen molar-refractivity contribution < 1.29 is 14.0 Å². The Morgan fingerprint density at radius 1 is 1.06 bits per heavy atom. The zero-order valence-corrected chi connectivity index (χ0v) is 18.8. The summed E-state index contributed by atoms with van der Waals surface area (Å²) in [4.78, 5) is 28.1. The first-order valence-electron chi connectivity index (χ1n) is 11.6. The summed E-state index contributed by atoms with van der Waals surface area (Å²) in [6, 6.07) is 12.4. The topological polar surface area (TPSA) is 61.4 Å². The number of hydrogen-bond donors (Lipinski definition) is 2. The Labute approximate surface area is 189 Å². The van der Waals surface area contributed by atoms with Crippen molar-refractivity contribution in [1.29, 1.82) is 0 Å². The van der Waals surface area contributed by atoms with Gasteiger partial charge in [0.2, 0.25) is 5.91 Å². The third-order valence-electron chi connectivity index (χ3n) is 6.86. The highest BCUT2D eigenvalue weighted by atomic mass is 19.1. The Morgan fingerprint density at radius 3 is 2.66 bits per heavy atom. The standard InChI is InChI=1S/C26H32FN3O2/c1-19-6-5-7-21(16-19)24(31)29-18-26(11-3-2-4-12-26)25(32)28-13-15-30-14-10-20-17-22(27)8-9-23(20)30/h5-9,16-17H,2-4,10-15,18H2,1H3,(H,28,32)(H,29,31). The summed E-state index contributed by atoms with van der Waals surface area (Å²) in [7, 11) is 0. The molecule has 1 heterocycles. The molecule has 4 rings (SSSR count). The summed E-state index contributed by atoms with van der Waals surface area (Å²) in [6.07, 6.45) is 5.53. The molecule has 1 aliphatic heterocycles. The van der Waals surface area contributed by atoms with Crippen LogP contribution in [0.25, 0.3) is 0 Å². The van der Waals surface area contributed by atoms with Crippen LogP contribution >= 0.6 is 0 Å². The molecule has 1 saturated carbocycles. The Morgan fingerprint density at radius 2 is 1.88 bits per heavy atom. The minimum atomic E-state index is -0.552. The fourth-order valence-corrected chi connectivity index (χ4v) is 5.01. The molecular weight excluding hydrogens is 405 g/mol. The van der Waals surface area contributed by atoms with E-state index in [0.717, 1.165) is 61.9 Å². The molecule has 2 aromatic carbocycles. The Kier molecular flexibility index (Phi) is 6.77. The monoisotopic (exact) mass is 437 g/mol.